The van der Waals surface area contributed by atoms with Gasteiger partial charge < -0.3 is 0 Å². The Morgan fingerprint density at radius 2 is 2.19 bits per heavy atom. The maximum Gasteiger partial charge on any atom is 0.389 e. The number of rotatable bonds is 4. The third kappa shape index (κ3) is 4.20. The van der Waals surface area contributed by atoms with E-state index in [9.17, 15) is 9.59 Å². The van der Waals surface area contributed by atoms with Crippen LogP contribution < -0.4 is 0 Å². The van der Waals surface area contributed by atoms with Crippen molar-refractivity contribution in [1.29, 1.82) is 0 Å². The van der Waals surface area contributed by atoms with E-state index in [2.05, 4.69) is 0 Å². The largest absolute Gasteiger partial charge is 0.389 e. The second-order valence-electron chi connectivity index (χ2n) is 4.96. The summed E-state index contributed by atoms with van der Waals surface area (Å²) in [7, 11) is 0. The van der Waals surface area contributed by atoms with Crippen LogP contribution in [0.15, 0.2) is 11.3 Å². The number of halogens is 3. The van der Waals surface area contributed by atoms with E-state index in [0.717, 1.165) is 5.57 Å². The van der Waals surface area contributed by atoms with Gasteiger partial charge in [-0.1, -0.05) is 34.8 Å². The fourth-order valence-electron chi connectivity index (χ4n) is 2.08. The van der Waals surface area contributed by atoms with E-state index in [4.69, 9.17) is 44.6 Å². The van der Waals surface area contributed by atoms with Gasteiger partial charge in [0.2, 0.25) is 5.91 Å². The van der Waals surface area contributed by atoms with Gasteiger partial charge in [-0.3, -0.25) is 14.6 Å². The molecule has 1 unspecified atom stereocenters. The molecule has 2 heterocycles. The molecule has 5 nitrogen and oxygen atoms in total. The van der Waals surface area contributed by atoms with Crippen molar-refractivity contribution in [2.24, 2.45) is 0 Å². The van der Waals surface area contributed by atoms with Crippen LogP contribution in [-0.4, -0.2) is 37.8 Å². The number of carbonyl (C=O) groups is 2. The molecule has 1 saturated heterocycles. The van der Waals surface area contributed by atoms with Gasteiger partial charge in [0.05, 0.1) is 11.8 Å². The number of alkyl halides is 3. The van der Waals surface area contributed by atoms with Gasteiger partial charge in [-0.15, -0.1) is 11.8 Å². The number of carbonyl (C=O) groups excluding carboxylic acids is 2. The lowest BCUT2D eigenvalue weighted by molar-refractivity contribution is -0.293. The van der Waals surface area contributed by atoms with Crippen LogP contribution in [0.2, 0.25) is 0 Å². The fraction of sp³-hybridized carbons (Fsp3) is 0.667. The minimum Gasteiger partial charge on any atom is -0.293 e. The number of fused-ring (bicyclic) bond motifs is 1. The van der Waals surface area contributed by atoms with Crippen LogP contribution in [0.3, 0.4) is 0 Å². The molecule has 9 heteroatoms. The van der Waals surface area contributed by atoms with E-state index in [0.29, 0.717) is 12.2 Å². The average molecular weight is 375 g/mol. The van der Waals surface area contributed by atoms with E-state index in [1.807, 2.05) is 0 Å². The van der Waals surface area contributed by atoms with Crippen molar-refractivity contribution in [3.05, 3.63) is 11.3 Å². The van der Waals surface area contributed by atoms with E-state index in [1.165, 1.54) is 4.90 Å². The first-order chi connectivity index (χ1) is 9.69. The molecule has 0 saturated carbocycles. The zero-order valence-electron chi connectivity index (χ0n) is 11.4. The highest BCUT2D eigenvalue weighted by Crippen LogP contribution is 2.40. The Bertz CT molecular complexity index is 491. The molecule has 2 aliphatic rings. The summed E-state index contributed by atoms with van der Waals surface area (Å²) in [6.45, 7) is 3.40. The first-order valence-electron chi connectivity index (χ1n) is 6.27. The van der Waals surface area contributed by atoms with Crippen LogP contribution in [0.1, 0.15) is 26.7 Å². The lowest BCUT2D eigenvalue weighted by Crippen LogP contribution is -2.54. The molecule has 2 rings (SSSR count). The van der Waals surface area contributed by atoms with Crippen molar-refractivity contribution >= 4 is 58.4 Å². The molecule has 0 aromatic carbocycles. The van der Waals surface area contributed by atoms with Crippen LogP contribution in [0.4, 0.5) is 0 Å². The molecule has 0 spiro atoms. The summed E-state index contributed by atoms with van der Waals surface area (Å²) in [6.07, 6.45) is -0.0631. The number of β-lactam (4-membered cyclic amide) rings is 1. The van der Waals surface area contributed by atoms with Crippen LogP contribution >= 0.6 is 46.6 Å². The molecule has 0 aromatic rings. The van der Waals surface area contributed by atoms with Gasteiger partial charge in [0.15, 0.2) is 3.79 Å². The summed E-state index contributed by atoms with van der Waals surface area (Å²) in [5.41, 5.74) is 1.04. The average Bonchev–Trinajstić information content (AvgIpc) is 2.34. The zero-order valence-corrected chi connectivity index (χ0v) is 14.5. The molecule has 0 bridgehead atoms. The van der Waals surface area contributed by atoms with Crippen molar-refractivity contribution in [2.45, 2.75) is 42.0 Å². The van der Waals surface area contributed by atoms with Crippen molar-refractivity contribution in [3.8, 4) is 0 Å². The van der Waals surface area contributed by atoms with Crippen molar-refractivity contribution in [3.63, 3.8) is 0 Å². The monoisotopic (exact) mass is 373 g/mol. The molecular formula is C12H14Cl3NO4S. The van der Waals surface area contributed by atoms with E-state index < -0.39 is 15.9 Å². The Morgan fingerprint density at radius 1 is 1.52 bits per heavy atom. The first kappa shape index (κ1) is 17.2. The number of hydrogen-bond acceptors (Lipinski definition) is 5. The Morgan fingerprint density at radius 3 is 2.76 bits per heavy atom. The third-order valence-corrected chi connectivity index (χ3v) is 4.87. The molecule has 0 N–H and O–H groups in total. The van der Waals surface area contributed by atoms with Gasteiger partial charge >= 0.3 is 5.97 Å². The highest BCUT2D eigenvalue weighted by atomic mass is 35.6. The maximum absolute atomic E-state index is 12.1. The summed E-state index contributed by atoms with van der Waals surface area (Å²) in [4.78, 5) is 34.9. The number of thioether (sulfide) groups is 1. The van der Waals surface area contributed by atoms with Crippen molar-refractivity contribution in [1.82, 2.24) is 4.90 Å². The molecule has 1 fully saturated rings. The second-order valence-corrected chi connectivity index (χ2v) is 8.64. The number of amides is 1. The van der Waals surface area contributed by atoms with Gasteiger partial charge in [0.1, 0.15) is 11.8 Å². The molecular weight excluding hydrogens is 361 g/mol. The SMILES string of the molecule is CC1=C(C(=O)OOC(C)CC(Cl)(Cl)Cl)N2C(=O)C[C@H]2SC1. The predicted octanol–water partition coefficient (Wildman–Crippen LogP) is 3.19. The number of hydrogen-bond donors (Lipinski definition) is 0. The summed E-state index contributed by atoms with van der Waals surface area (Å²) < 4.78 is -1.49. The molecule has 118 valence electrons. The topological polar surface area (TPSA) is 55.8 Å². The molecule has 1 amide bonds. The van der Waals surface area contributed by atoms with Gasteiger partial charge in [0.25, 0.3) is 0 Å². The molecule has 2 atom stereocenters. The summed E-state index contributed by atoms with van der Waals surface area (Å²) in [5, 5.41) is 0.0161. The molecule has 0 radical (unpaired) electrons. The van der Waals surface area contributed by atoms with E-state index >= 15 is 0 Å². The Hall–Kier alpha value is -0.140. The maximum atomic E-state index is 12.1. The fourth-order valence-corrected chi connectivity index (χ4v) is 3.95. The van der Waals surface area contributed by atoms with E-state index in [1.54, 1.807) is 25.6 Å². The minimum absolute atomic E-state index is 0.0161. The van der Waals surface area contributed by atoms with E-state index in [-0.39, 0.29) is 23.4 Å². The van der Waals surface area contributed by atoms with Gasteiger partial charge in [-0.2, -0.15) is 4.89 Å². The van der Waals surface area contributed by atoms with Crippen molar-refractivity contribution < 1.29 is 19.4 Å². The lowest BCUT2D eigenvalue weighted by Gasteiger charge is -2.43. The highest BCUT2D eigenvalue weighted by Gasteiger charge is 2.45. The molecule has 0 aromatic heterocycles. The summed E-state index contributed by atoms with van der Waals surface area (Å²) in [6, 6.07) is 0. The quantitative estimate of drug-likeness (QED) is 0.327. The van der Waals surface area contributed by atoms with Crippen LogP contribution in [-0.2, 0) is 19.4 Å². The van der Waals surface area contributed by atoms with Crippen LogP contribution in [0, 0.1) is 0 Å². The van der Waals surface area contributed by atoms with Crippen molar-refractivity contribution in [2.75, 3.05) is 5.75 Å². The predicted molar refractivity (Wildman–Crippen MR) is 82.0 cm³/mol. The normalized spacial score (nSPS) is 23.6. The highest BCUT2D eigenvalue weighted by molar-refractivity contribution is 8.00. The molecule has 21 heavy (non-hydrogen) atoms. The van der Waals surface area contributed by atoms with Gasteiger partial charge in [0, 0.05) is 12.2 Å². The van der Waals surface area contributed by atoms with Crippen LogP contribution in [0.25, 0.3) is 0 Å². The Labute approximate surface area is 141 Å². The lowest BCUT2D eigenvalue weighted by atomic mass is 10.1. The van der Waals surface area contributed by atoms with Gasteiger partial charge in [-0.05, 0) is 19.4 Å². The number of nitrogens with zero attached hydrogens (tertiary/aromatic N) is 1. The Balaban J connectivity index is 1.95. The Kier molecular flexibility index (Phi) is 5.36. The molecule has 0 aliphatic carbocycles. The summed E-state index contributed by atoms with van der Waals surface area (Å²) >= 11 is 18.5. The van der Waals surface area contributed by atoms with Crippen LogP contribution in [0.5, 0.6) is 0 Å². The summed E-state index contributed by atoms with van der Waals surface area (Å²) in [5.74, 6) is -0.0994. The first-order valence-corrected chi connectivity index (χ1v) is 8.45. The standard InChI is InChI=1S/C12H14Cl3NO4S/c1-6-5-21-9-3-8(17)16(9)10(6)11(18)20-19-7(2)4-12(13,14)15/h7,9H,3-5H2,1-2H3/t7?,9-/m1/s1. The zero-order chi connectivity index (χ0) is 15.8. The smallest absolute Gasteiger partial charge is 0.293 e. The third-order valence-electron chi connectivity index (χ3n) is 3.04. The minimum atomic E-state index is -1.49. The second kappa shape index (κ2) is 6.54. The molecule has 2 aliphatic heterocycles. The van der Waals surface area contributed by atoms with Gasteiger partial charge in [-0.25, -0.2) is 4.79 Å².